The quantitative estimate of drug-likeness (QED) is 0.827. The van der Waals surface area contributed by atoms with Gasteiger partial charge in [0, 0.05) is 12.6 Å². The van der Waals surface area contributed by atoms with Gasteiger partial charge in [-0.15, -0.1) is 0 Å². The Kier molecular flexibility index (Phi) is 4.55. The van der Waals surface area contributed by atoms with Crippen LogP contribution in [0.4, 0.5) is 0 Å². The molecule has 0 spiro atoms. The number of hydrogen-bond acceptors (Lipinski definition) is 3. The van der Waals surface area contributed by atoms with Gasteiger partial charge in [0.05, 0.1) is 5.56 Å². The molecule has 1 aliphatic rings. The van der Waals surface area contributed by atoms with Crippen LogP contribution in [0.15, 0.2) is 24.3 Å². The number of rotatable bonds is 5. The zero-order valence-electron chi connectivity index (χ0n) is 10.8. The lowest BCUT2D eigenvalue weighted by atomic mass is 10.2. The second-order valence-electron chi connectivity index (χ2n) is 4.74. The Labute approximate surface area is 114 Å². The number of hydrogen-bond donors (Lipinski definition) is 1. The summed E-state index contributed by atoms with van der Waals surface area (Å²) in [6.07, 6.45) is 2.59. The molecule has 2 N–H and O–H groups in total. The van der Waals surface area contributed by atoms with Gasteiger partial charge in [0.1, 0.15) is 17.3 Å². The van der Waals surface area contributed by atoms with E-state index in [0.29, 0.717) is 17.6 Å². The Hall–Kier alpha value is -1.13. The maximum Gasteiger partial charge on any atom is 0.129 e. The zero-order valence-corrected chi connectivity index (χ0v) is 11.6. The Morgan fingerprint density at radius 3 is 2.94 bits per heavy atom. The molecule has 0 bridgehead atoms. The topological polar surface area (TPSA) is 38.5 Å². The lowest BCUT2D eigenvalue weighted by molar-refractivity contribution is 0.204. The van der Waals surface area contributed by atoms with Crippen LogP contribution in [-0.4, -0.2) is 35.6 Å². The molecule has 0 aromatic heterocycles. The fourth-order valence-corrected chi connectivity index (χ4v) is 2.56. The first-order valence-corrected chi connectivity index (χ1v) is 6.85. The summed E-state index contributed by atoms with van der Waals surface area (Å²) in [5.74, 6) is 0.789. The van der Waals surface area contributed by atoms with Crippen molar-refractivity contribution in [1.29, 1.82) is 0 Å². The number of para-hydroxylation sites is 1. The van der Waals surface area contributed by atoms with E-state index in [2.05, 4.69) is 11.8 Å². The molecule has 1 saturated heterocycles. The minimum Gasteiger partial charge on any atom is -0.492 e. The third kappa shape index (κ3) is 3.21. The number of thiocarbonyl (C=S) groups is 1. The average Bonchev–Trinajstić information content (AvgIpc) is 2.76. The summed E-state index contributed by atoms with van der Waals surface area (Å²) in [6, 6.07) is 8.36. The number of benzene rings is 1. The Morgan fingerprint density at radius 2 is 2.28 bits per heavy atom. The van der Waals surface area contributed by atoms with Crippen LogP contribution in [0.3, 0.4) is 0 Å². The van der Waals surface area contributed by atoms with Gasteiger partial charge in [0.25, 0.3) is 0 Å². The third-order valence-electron chi connectivity index (χ3n) is 3.48. The molecule has 18 heavy (non-hydrogen) atoms. The molecule has 0 amide bonds. The van der Waals surface area contributed by atoms with Crippen LogP contribution in [0, 0.1) is 0 Å². The van der Waals surface area contributed by atoms with Crippen molar-refractivity contribution in [3.63, 3.8) is 0 Å². The second-order valence-corrected chi connectivity index (χ2v) is 5.18. The second kappa shape index (κ2) is 6.16. The largest absolute Gasteiger partial charge is 0.492 e. The summed E-state index contributed by atoms with van der Waals surface area (Å²) < 4.78 is 5.80. The summed E-state index contributed by atoms with van der Waals surface area (Å²) in [5.41, 5.74) is 6.49. The summed E-state index contributed by atoms with van der Waals surface area (Å²) in [4.78, 5) is 2.85. The highest BCUT2D eigenvalue weighted by atomic mass is 32.1. The van der Waals surface area contributed by atoms with Crippen LogP contribution in [0.2, 0.25) is 0 Å². The van der Waals surface area contributed by atoms with E-state index in [-0.39, 0.29) is 0 Å². The minimum absolute atomic E-state index is 0.389. The summed E-state index contributed by atoms with van der Waals surface area (Å²) in [5, 5.41) is 0. The van der Waals surface area contributed by atoms with Crippen LogP contribution in [0.1, 0.15) is 25.3 Å². The predicted molar refractivity (Wildman–Crippen MR) is 78.1 cm³/mol. The highest BCUT2D eigenvalue weighted by Crippen LogP contribution is 2.19. The van der Waals surface area contributed by atoms with Gasteiger partial charge in [-0.05, 0) is 38.4 Å². The molecule has 0 saturated carbocycles. The molecule has 1 aliphatic heterocycles. The van der Waals surface area contributed by atoms with Crippen molar-refractivity contribution in [2.75, 3.05) is 19.7 Å². The molecule has 2 rings (SSSR count). The normalized spacial score (nSPS) is 19.9. The molecule has 0 aliphatic carbocycles. The zero-order chi connectivity index (χ0) is 13.0. The monoisotopic (exact) mass is 264 g/mol. The van der Waals surface area contributed by atoms with E-state index in [9.17, 15) is 0 Å². The molecule has 0 radical (unpaired) electrons. The first-order valence-electron chi connectivity index (χ1n) is 6.44. The van der Waals surface area contributed by atoms with Crippen LogP contribution in [0.5, 0.6) is 5.75 Å². The minimum atomic E-state index is 0.389. The molecule has 4 heteroatoms. The highest BCUT2D eigenvalue weighted by molar-refractivity contribution is 7.80. The molecule has 1 unspecified atom stereocenters. The van der Waals surface area contributed by atoms with E-state index in [1.165, 1.54) is 19.4 Å². The number of likely N-dealkylation sites (tertiary alicyclic amines) is 1. The molecular weight excluding hydrogens is 244 g/mol. The van der Waals surface area contributed by atoms with Crippen LogP contribution < -0.4 is 10.5 Å². The predicted octanol–water partition coefficient (Wildman–Crippen LogP) is 2.18. The number of nitrogens with zero attached hydrogens (tertiary/aromatic N) is 1. The van der Waals surface area contributed by atoms with Gasteiger partial charge < -0.3 is 10.5 Å². The standard InChI is InChI=1S/C14H20N2OS/c1-11-5-4-8-16(11)9-10-17-13-7-3-2-6-12(13)14(15)18/h2-3,6-7,11H,4-5,8-10H2,1H3,(H2,15,18). The molecule has 1 aromatic carbocycles. The van der Waals surface area contributed by atoms with Gasteiger partial charge in [-0.2, -0.15) is 0 Å². The first-order chi connectivity index (χ1) is 8.68. The van der Waals surface area contributed by atoms with E-state index in [1.807, 2.05) is 24.3 Å². The smallest absolute Gasteiger partial charge is 0.129 e. The SMILES string of the molecule is CC1CCCN1CCOc1ccccc1C(N)=S. The van der Waals surface area contributed by atoms with Gasteiger partial charge in [-0.3, -0.25) is 4.90 Å². The van der Waals surface area contributed by atoms with Crippen molar-refractivity contribution in [3.8, 4) is 5.75 Å². The molecule has 98 valence electrons. The van der Waals surface area contributed by atoms with Gasteiger partial charge >= 0.3 is 0 Å². The average molecular weight is 264 g/mol. The van der Waals surface area contributed by atoms with Crippen LogP contribution >= 0.6 is 12.2 Å². The van der Waals surface area contributed by atoms with E-state index in [4.69, 9.17) is 22.7 Å². The van der Waals surface area contributed by atoms with Crippen molar-refractivity contribution >= 4 is 17.2 Å². The van der Waals surface area contributed by atoms with E-state index in [1.54, 1.807) is 0 Å². The van der Waals surface area contributed by atoms with Gasteiger partial charge in [-0.25, -0.2) is 0 Å². The van der Waals surface area contributed by atoms with Crippen molar-refractivity contribution < 1.29 is 4.74 Å². The number of nitrogens with two attached hydrogens (primary N) is 1. The maximum absolute atomic E-state index is 5.80. The third-order valence-corrected chi connectivity index (χ3v) is 3.70. The van der Waals surface area contributed by atoms with Crippen molar-refractivity contribution in [3.05, 3.63) is 29.8 Å². The van der Waals surface area contributed by atoms with Crippen molar-refractivity contribution in [1.82, 2.24) is 4.90 Å². The van der Waals surface area contributed by atoms with Crippen LogP contribution in [-0.2, 0) is 0 Å². The van der Waals surface area contributed by atoms with Gasteiger partial charge in [0.2, 0.25) is 0 Å². The fourth-order valence-electron chi connectivity index (χ4n) is 2.39. The Morgan fingerprint density at radius 1 is 1.50 bits per heavy atom. The summed E-state index contributed by atoms with van der Waals surface area (Å²) >= 11 is 5.01. The lowest BCUT2D eigenvalue weighted by Gasteiger charge is -2.21. The van der Waals surface area contributed by atoms with E-state index >= 15 is 0 Å². The van der Waals surface area contributed by atoms with Crippen LogP contribution in [0.25, 0.3) is 0 Å². The van der Waals surface area contributed by atoms with E-state index in [0.717, 1.165) is 17.9 Å². The molecule has 1 fully saturated rings. The highest BCUT2D eigenvalue weighted by Gasteiger charge is 2.19. The van der Waals surface area contributed by atoms with Gasteiger partial charge in [0.15, 0.2) is 0 Å². The fraction of sp³-hybridized carbons (Fsp3) is 0.500. The van der Waals surface area contributed by atoms with Crippen molar-refractivity contribution in [2.45, 2.75) is 25.8 Å². The summed E-state index contributed by atoms with van der Waals surface area (Å²) in [7, 11) is 0. The first kappa shape index (κ1) is 13.3. The molecule has 1 aromatic rings. The van der Waals surface area contributed by atoms with E-state index < -0.39 is 0 Å². The summed E-state index contributed by atoms with van der Waals surface area (Å²) in [6.45, 7) is 5.11. The number of ether oxygens (including phenoxy) is 1. The molecule has 1 atom stereocenters. The maximum atomic E-state index is 5.80. The molecule has 3 nitrogen and oxygen atoms in total. The Bertz CT molecular complexity index is 422. The van der Waals surface area contributed by atoms with Crippen molar-refractivity contribution in [2.24, 2.45) is 5.73 Å². The Balaban J connectivity index is 1.88. The molecular formula is C14H20N2OS. The molecule has 1 heterocycles. The van der Waals surface area contributed by atoms with Gasteiger partial charge in [-0.1, -0.05) is 24.4 Å². The lowest BCUT2D eigenvalue weighted by Crippen LogP contribution is -2.31.